The van der Waals surface area contributed by atoms with Gasteiger partial charge < -0.3 is 11.5 Å². The van der Waals surface area contributed by atoms with Gasteiger partial charge in [-0.3, -0.25) is 4.90 Å². The Kier molecular flexibility index (Phi) is 4.50. The minimum atomic E-state index is 0.171. The SMILES string of the molecule is Nc1nc(N)nc(CN2CCc3ccccc3[C@@H]2Cc2ccccc2)n1. The number of aromatic nitrogens is 3. The summed E-state index contributed by atoms with van der Waals surface area (Å²) in [5.41, 5.74) is 15.6. The lowest BCUT2D eigenvalue weighted by atomic mass is 9.88. The summed E-state index contributed by atoms with van der Waals surface area (Å²) in [5, 5.41) is 0. The van der Waals surface area contributed by atoms with Gasteiger partial charge in [0.25, 0.3) is 0 Å². The number of benzene rings is 2. The van der Waals surface area contributed by atoms with Crippen molar-refractivity contribution in [2.75, 3.05) is 18.0 Å². The molecule has 0 aliphatic carbocycles. The molecule has 1 aromatic heterocycles. The van der Waals surface area contributed by atoms with E-state index in [-0.39, 0.29) is 17.9 Å². The number of nitrogens with two attached hydrogens (primary N) is 2. The van der Waals surface area contributed by atoms with Crippen LogP contribution in [-0.4, -0.2) is 26.4 Å². The molecule has 6 nitrogen and oxygen atoms in total. The van der Waals surface area contributed by atoms with Crippen molar-refractivity contribution in [1.82, 2.24) is 19.9 Å². The highest BCUT2D eigenvalue weighted by molar-refractivity contribution is 5.34. The molecular weight excluding hydrogens is 324 g/mol. The molecule has 0 radical (unpaired) electrons. The summed E-state index contributed by atoms with van der Waals surface area (Å²) < 4.78 is 0. The predicted molar refractivity (Wildman–Crippen MR) is 102 cm³/mol. The third-order valence-corrected chi connectivity index (χ3v) is 4.86. The van der Waals surface area contributed by atoms with Crippen molar-refractivity contribution in [1.29, 1.82) is 0 Å². The largest absolute Gasteiger partial charge is 0.368 e. The van der Waals surface area contributed by atoms with Gasteiger partial charge in [-0.15, -0.1) is 0 Å². The van der Waals surface area contributed by atoms with E-state index in [0.29, 0.717) is 12.4 Å². The van der Waals surface area contributed by atoms with Crippen LogP contribution in [0.4, 0.5) is 11.9 Å². The molecule has 4 N–H and O–H groups in total. The molecule has 1 aliphatic rings. The van der Waals surface area contributed by atoms with Gasteiger partial charge in [-0.2, -0.15) is 15.0 Å². The van der Waals surface area contributed by atoms with Crippen LogP contribution in [0.2, 0.25) is 0 Å². The summed E-state index contributed by atoms with van der Waals surface area (Å²) in [7, 11) is 0. The van der Waals surface area contributed by atoms with Crippen molar-refractivity contribution in [3.05, 3.63) is 77.1 Å². The minimum Gasteiger partial charge on any atom is -0.368 e. The Hall–Kier alpha value is -2.99. The molecule has 0 unspecified atom stereocenters. The second-order valence-electron chi connectivity index (χ2n) is 6.59. The number of fused-ring (bicyclic) bond motifs is 1. The average Bonchev–Trinajstić information content (AvgIpc) is 2.64. The first-order valence-electron chi connectivity index (χ1n) is 8.81. The maximum Gasteiger partial charge on any atom is 0.225 e. The van der Waals surface area contributed by atoms with Crippen molar-refractivity contribution in [2.24, 2.45) is 0 Å². The molecule has 1 atom stereocenters. The Morgan fingerprint density at radius 3 is 2.35 bits per heavy atom. The summed E-state index contributed by atoms with van der Waals surface area (Å²) in [6, 6.07) is 19.5. The Balaban J connectivity index is 1.66. The van der Waals surface area contributed by atoms with E-state index in [1.807, 2.05) is 6.07 Å². The molecule has 2 aromatic carbocycles. The van der Waals surface area contributed by atoms with Crippen LogP contribution in [0.25, 0.3) is 0 Å². The lowest BCUT2D eigenvalue weighted by molar-refractivity contribution is 0.170. The normalized spacial score (nSPS) is 17.0. The summed E-state index contributed by atoms with van der Waals surface area (Å²) in [5.74, 6) is 0.960. The number of rotatable bonds is 4. The second kappa shape index (κ2) is 7.09. The molecule has 0 bridgehead atoms. The molecule has 0 fully saturated rings. The molecule has 4 rings (SSSR count). The van der Waals surface area contributed by atoms with Crippen LogP contribution in [0.3, 0.4) is 0 Å². The Bertz CT molecular complexity index is 876. The predicted octanol–water partition coefficient (Wildman–Crippen LogP) is 2.38. The molecule has 6 heteroatoms. The monoisotopic (exact) mass is 346 g/mol. The standard InChI is InChI=1S/C20H22N6/c21-19-23-18(24-20(22)25-19)13-26-11-10-15-8-4-5-9-16(15)17(26)12-14-6-2-1-3-7-14/h1-9,17H,10-13H2,(H4,21,22,23,24,25)/t17-/m0/s1. The third kappa shape index (κ3) is 3.50. The summed E-state index contributed by atoms with van der Waals surface area (Å²) in [4.78, 5) is 14.8. The zero-order chi connectivity index (χ0) is 17.9. The molecule has 0 saturated carbocycles. The van der Waals surface area contributed by atoms with Crippen LogP contribution >= 0.6 is 0 Å². The first-order chi connectivity index (χ1) is 12.7. The van der Waals surface area contributed by atoms with Crippen LogP contribution in [0.15, 0.2) is 54.6 Å². The Labute approximate surface area is 152 Å². The van der Waals surface area contributed by atoms with E-state index in [1.165, 1.54) is 16.7 Å². The highest BCUT2D eigenvalue weighted by atomic mass is 15.2. The van der Waals surface area contributed by atoms with Crippen molar-refractivity contribution < 1.29 is 0 Å². The van der Waals surface area contributed by atoms with E-state index in [9.17, 15) is 0 Å². The highest BCUT2D eigenvalue weighted by Crippen LogP contribution is 2.33. The number of anilines is 2. The third-order valence-electron chi connectivity index (χ3n) is 4.86. The molecule has 2 heterocycles. The Morgan fingerprint density at radius 1 is 0.885 bits per heavy atom. The van der Waals surface area contributed by atoms with E-state index in [0.717, 1.165) is 19.4 Å². The lowest BCUT2D eigenvalue weighted by Crippen LogP contribution is -2.36. The summed E-state index contributed by atoms with van der Waals surface area (Å²) in [6.45, 7) is 1.54. The van der Waals surface area contributed by atoms with Crippen molar-refractivity contribution in [3.8, 4) is 0 Å². The van der Waals surface area contributed by atoms with Gasteiger partial charge in [0.2, 0.25) is 11.9 Å². The molecule has 132 valence electrons. The van der Waals surface area contributed by atoms with Crippen molar-refractivity contribution in [2.45, 2.75) is 25.4 Å². The van der Waals surface area contributed by atoms with Gasteiger partial charge in [-0.25, -0.2) is 0 Å². The van der Waals surface area contributed by atoms with Crippen LogP contribution < -0.4 is 11.5 Å². The highest BCUT2D eigenvalue weighted by Gasteiger charge is 2.28. The van der Waals surface area contributed by atoms with Crippen LogP contribution in [0.1, 0.15) is 28.6 Å². The van der Waals surface area contributed by atoms with Crippen LogP contribution in [0, 0.1) is 0 Å². The number of nitrogen functional groups attached to an aromatic ring is 2. The van der Waals surface area contributed by atoms with Crippen LogP contribution in [-0.2, 0) is 19.4 Å². The first-order valence-corrected chi connectivity index (χ1v) is 8.81. The van der Waals surface area contributed by atoms with Gasteiger partial charge in [-0.1, -0.05) is 54.6 Å². The summed E-state index contributed by atoms with van der Waals surface area (Å²) >= 11 is 0. The van der Waals surface area contributed by atoms with Crippen LogP contribution in [0.5, 0.6) is 0 Å². The number of hydrogen-bond acceptors (Lipinski definition) is 6. The van der Waals surface area contributed by atoms with Crippen molar-refractivity contribution in [3.63, 3.8) is 0 Å². The summed E-state index contributed by atoms with van der Waals surface area (Å²) in [6.07, 6.45) is 1.95. The minimum absolute atomic E-state index is 0.171. The lowest BCUT2D eigenvalue weighted by Gasteiger charge is -2.37. The van der Waals surface area contributed by atoms with E-state index < -0.39 is 0 Å². The zero-order valence-electron chi connectivity index (χ0n) is 14.5. The molecule has 0 saturated heterocycles. The fraction of sp³-hybridized carbons (Fsp3) is 0.250. The van der Waals surface area contributed by atoms with Gasteiger partial charge in [0.05, 0.1) is 6.54 Å². The molecular formula is C20H22N6. The van der Waals surface area contributed by atoms with Crippen molar-refractivity contribution >= 4 is 11.9 Å². The Morgan fingerprint density at radius 2 is 1.58 bits per heavy atom. The van der Waals surface area contributed by atoms with Gasteiger partial charge in [0, 0.05) is 12.6 Å². The topological polar surface area (TPSA) is 93.9 Å². The molecule has 26 heavy (non-hydrogen) atoms. The molecule has 3 aromatic rings. The smallest absolute Gasteiger partial charge is 0.225 e. The van der Waals surface area contributed by atoms with E-state index in [4.69, 9.17) is 11.5 Å². The fourth-order valence-corrected chi connectivity index (χ4v) is 3.68. The number of hydrogen-bond donors (Lipinski definition) is 2. The zero-order valence-corrected chi connectivity index (χ0v) is 14.5. The van der Waals surface area contributed by atoms with Gasteiger partial charge in [0.15, 0.2) is 0 Å². The maximum atomic E-state index is 5.74. The average molecular weight is 346 g/mol. The van der Waals surface area contributed by atoms with Gasteiger partial charge in [-0.05, 0) is 29.5 Å². The van der Waals surface area contributed by atoms with E-state index >= 15 is 0 Å². The number of nitrogens with zero attached hydrogens (tertiary/aromatic N) is 4. The van der Waals surface area contributed by atoms with E-state index in [1.54, 1.807) is 0 Å². The van der Waals surface area contributed by atoms with E-state index in [2.05, 4.69) is 68.4 Å². The van der Waals surface area contributed by atoms with Gasteiger partial charge >= 0.3 is 0 Å². The van der Waals surface area contributed by atoms with Gasteiger partial charge in [0.1, 0.15) is 5.82 Å². The molecule has 0 spiro atoms. The fourth-order valence-electron chi connectivity index (χ4n) is 3.68. The quantitative estimate of drug-likeness (QED) is 0.753. The molecule has 0 amide bonds. The maximum absolute atomic E-state index is 5.74. The first kappa shape index (κ1) is 16.5. The second-order valence-corrected chi connectivity index (χ2v) is 6.59. The molecule has 1 aliphatic heterocycles.